The Morgan fingerprint density at radius 3 is 2.02 bits per heavy atom. The van der Waals surface area contributed by atoms with Gasteiger partial charge in [0.15, 0.2) is 0 Å². The van der Waals surface area contributed by atoms with Gasteiger partial charge in [-0.2, -0.15) is 0 Å². The van der Waals surface area contributed by atoms with E-state index in [1.165, 1.54) is 142 Å². The molecule has 1 nitrogen and oxygen atoms in total. The van der Waals surface area contributed by atoms with Crippen LogP contribution in [0.5, 0.6) is 0 Å². The number of unbranched alkanes of at least 4 members (excludes halogenated alkanes) is 4. The van der Waals surface area contributed by atoms with Crippen LogP contribution in [0, 0.1) is 53.3 Å². The molecule has 2 aliphatic rings. The zero-order valence-electron chi connectivity index (χ0n) is 32.0. The van der Waals surface area contributed by atoms with Gasteiger partial charge in [0.1, 0.15) is 0 Å². The first-order valence-electron chi connectivity index (χ1n) is 21.0. The highest BCUT2D eigenvalue weighted by Gasteiger charge is 2.36. The molecule has 0 N–H and O–H groups in total. The molecule has 0 radical (unpaired) electrons. The molecule has 0 heterocycles. The van der Waals surface area contributed by atoms with Crippen molar-refractivity contribution in [3.63, 3.8) is 0 Å². The number of hydrogen-bond donors (Lipinski definition) is 0. The Morgan fingerprint density at radius 1 is 0.614 bits per heavy atom. The van der Waals surface area contributed by atoms with Crippen LogP contribution in [0.25, 0.3) is 0 Å². The molecule has 262 valence electrons. The van der Waals surface area contributed by atoms with E-state index in [9.17, 15) is 0 Å². The second-order valence-electron chi connectivity index (χ2n) is 17.2. The van der Waals surface area contributed by atoms with Crippen LogP contribution in [-0.2, 0) is 0 Å². The molecule has 0 aromatic rings. The zero-order chi connectivity index (χ0) is 32.2. The summed E-state index contributed by atoms with van der Waals surface area (Å²) in [7, 11) is 2.37. The van der Waals surface area contributed by atoms with Gasteiger partial charge in [-0.1, -0.05) is 138 Å². The Morgan fingerprint density at radius 2 is 1.32 bits per heavy atom. The maximum atomic E-state index is 2.65. The van der Waals surface area contributed by atoms with Gasteiger partial charge in [0, 0.05) is 6.54 Å². The summed E-state index contributed by atoms with van der Waals surface area (Å²) in [5.74, 6) is 8.89. The van der Waals surface area contributed by atoms with Gasteiger partial charge in [-0.3, -0.25) is 0 Å². The second kappa shape index (κ2) is 24.2. The number of hydrogen-bond acceptors (Lipinski definition) is 1. The van der Waals surface area contributed by atoms with E-state index in [2.05, 4.69) is 60.4 Å². The van der Waals surface area contributed by atoms with Crippen molar-refractivity contribution >= 4 is 0 Å². The van der Waals surface area contributed by atoms with Crippen LogP contribution >= 0.6 is 0 Å². The van der Waals surface area contributed by atoms with Crippen LogP contribution in [0.1, 0.15) is 203 Å². The topological polar surface area (TPSA) is 3.24 Å². The molecule has 9 unspecified atom stereocenters. The standard InChI is InChI=1S/C43H85N/c1-9-13-15-22-40(34-44(8)29-11-3)24-18-23-39(21-17-14-16-20-35(5)19-10-2)25-26-41-27-28-42(32-37(41)7)43-31-36(6)30-38(12-4)33-43/h35-43H,9-34H2,1-8H3. The van der Waals surface area contributed by atoms with Gasteiger partial charge in [0.25, 0.3) is 0 Å². The molecule has 1 heteroatoms. The highest BCUT2D eigenvalue weighted by atomic mass is 15.1. The molecule has 0 aromatic carbocycles. The maximum absolute atomic E-state index is 2.65. The van der Waals surface area contributed by atoms with Crippen molar-refractivity contribution in [3.05, 3.63) is 0 Å². The fraction of sp³-hybridized carbons (Fsp3) is 1.00. The van der Waals surface area contributed by atoms with Gasteiger partial charge in [-0.05, 0) is 131 Å². The molecule has 2 rings (SSSR count). The lowest BCUT2D eigenvalue weighted by atomic mass is 9.63. The third-order valence-corrected chi connectivity index (χ3v) is 12.9. The van der Waals surface area contributed by atoms with Gasteiger partial charge in [0.05, 0.1) is 0 Å². The van der Waals surface area contributed by atoms with Crippen molar-refractivity contribution in [1.82, 2.24) is 4.90 Å². The molecule has 2 aliphatic carbocycles. The van der Waals surface area contributed by atoms with Crippen molar-refractivity contribution in [3.8, 4) is 0 Å². The van der Waals surface area contributed by atoms with Gasteiger partial charge in [-0.15, -0.1) is 0 Å². The van der Waals surface area contributed by atoms with Crippen molar-refractivity contribution < 1.29 is 0 Å². The number of rotatable bonds is 25. The maximum Gasteiger partial charge on any atom is 0.000660 e. The van der Waals surface area contributed by atoms with Crippen molar-refractivity contribution in [2.45, 2.75) is 203 Å². The quantitative estimate of drug-likeness (QED) is 0.0923. The predicted octanol–water partition coefficient (Wildman–Crippen LogP) is 14.0. The summed E-state index contributed by atoms with van der Waals surface area (Å²) in [4.78, 5) is 2.63. The smallest absolute Gasteiger partial charge is 0.000660 e. The second-order valence-corrected chi connectivity index (χ2v) is 17.2. The van der Waals surface area contributed by atoms with E-state index in [1.54, 1.807) is 25.7 Å². The van der Waals surface area contributed by atoms with Crippen LogP contribution < -0.4 is 0 Å². The van der Waals surface area contributed by atoms with Crippen LogP contribution in [0.3, 0.4) is 0 Å². The minimum atomic E-state index is 0.920. The minimum absolute atomic E-state index is 0.920. The van der Waals surface area contributed by atoms with E-state index < -0.39 is 0 Å². The van der Waals surface area contributed by atoms with E-state index in [0.717, 1.165) is 53.3 Å². The third-order valence-electron chi connectivity index (χ3n) is 12.9. The van der Waals surface area contributed by atoms with Gasteiger partial charge in [0.2, 0.25) is 0 Å². The summed E-state index contributed by atoms with van der Waals surface area (Å²) in [6, 6.07) is 0. The first-order chi connectivity index (χ1) is 21.3. The average Bonchev–Trinajstić information content (AvgIpc) is 2.99. The SMILES string of the molecule is CCCCCC(CCCC(CCCCCC(C)CCC)CCC1CCC(C2CC(C)CC(CC)C2)CC1C)CN(C)CCC. The first-order valence-corrected chi connectivity index (χ1v) is 21.0. The lowest BCUT2D eigenvalue weighted by Crippen LogP contribution is -2.32. The van der Waals surface area contributed by atoms with Crippen LogP contribution in [0.4, 0.5) is 0 Å². The van der Waals surface area contributed by atoms with Crippen LogP contribution in [0.2, 0.25) is 0 Å². The average molecular weight is 616 g/mol. The normalized spacial score (nSPS) is 28.3. The molecule has 0 saturated heterocycles. The largest absolute Gasteiger partial charge is 0.306 e. The summed E-state index contributed by atoms with van der Waals surface area (Å²) in [6.07, 6.45) is 35.3. The van der Waals surface area contributed by atoms with E-state index in [0.29, 0.717) is 0 Å². The van der Waals surface area contributed by atoms with Crippen molar-refractivity contribution in [1.29, 1.82) is 0 Å². The van der Waals surface area contributed by atoms with Gasteiger partial charge < -0.3 is 4.90 Å². The Hall–Kier alpha value is -0.0400. The molecule has 0 amide bonds. The van der Waals surface area contributed by atoms with Crippen LogP contribution in [0.15, 0.2) is 0 Å². The van der Waals surface area contributed by atoms with Crippen molar-refractivity contribution in [2.75, 3.05) is 20.1 Å². The monoisotopic (exact) mass is 616 g/mol. The summed E-state index contributed by atoms with van der Waals surface area (Å²) in [6.45, 7) is 19.8. The summed E-state index contributed by atoms with van der Waals surface area (Å²) in [5.41, 5.74) is 0. The lowest BCUT2D eigenvalue weighted by molar-refractivity contribution is 0.0805. The Bertz CT molecular complexity index is 657. The molecule has 0 aliphatic heterocycles. The van der Waals surface area contributed by atoms with E-state index in [4.69, 9.17) is 0 Å². The van der Waals surface area contributed by atoms with Gasteiger partial charge in [-0.25, -0.2) is 0 Å². The fourth-order valence-corrected chi connectivity index (χ4v) is 10.1. The van der Waals surface area contributed by atoms with Gasteiger partial charge >= 0.3 is 0 Å². The fourth-order valence-electron chi connectivity index (χ4n) is 10.1. The van der Waals surface area contributed by atoms with Crippen molar-refractivity contribution in [2.24, 2.45) is 53.3 Å². The molecule has 0 bridgehead atoms. The molecule has 0 aromatic heterocycles. The molecule has 9 atom stereocenters. The highest BCUT2D eigenvalue weighted by Crippen LogP contribution is 2.47. The molecule has 44 heavy (non-hydrogen) atoms. The van der Waals surface area contributed by atoms with E-state index >= 15 is 0 Å². The molecular formula is C43H85N. The minimum Gasteiger partial charge on any atom is -0.306 e. The van der Waals surface area contributed by atoms with Crippen LogP contribution in [-0.4, -0.2) is 25.0 Å². The molecule has 2 fully saturated rings. The summed E-state index contributed by atoms with van der Waals surface area (Å²) in [5, 5.41) is 0. The molecule has 2 saturated carbocycles. The lowest BCUT2D eigenvalue weighted by Gasteiger charge is -2.43. The highest BCUT2D eigenvalue weighted by molar-refractivity contribution is 4.87. The Labute approximate surface area is 280 Å². The Balaban J connectivity index is 1.87. The van der Waals surface area contributed by atoms with E-state index in [-0.39, 0.29) is 0 Å². The molecular weight excluding hydrogens is 530 g/mol. The third kappa shape index (κ3) is 16.7. The molecule has 0 spiro atoms. The number of nitrogens with zero attached hydrogens (tertiary/aromatic N) is 1. The zero-order valence-corrected chi connectivity index (χ0v) is 32.0. The summed E-state index contributed by atoms with van der Waals surface area (Å²) >= 11 is 0. The predicted molar refractivity (Wildman–Crippen MR) is 199 cm³/mol. The summed E-state index contributed by atoms with van der Waals surface area (Å²) < 4.78 is 0. The van der Waals surface area contributed by atoms with E-state index in [1.807, 2.05) is 0 Å². The first kappa shape index (κ1) is 40.1. The Kier molecular flexibility index (Phi) is 22.0.